The molecule has 2 aromatic rings. The summed E-state index contributed by atoms with van der Waals surface area (Å²) in [7, 11) is 0. The third-order valence-corrected chi connectivity index (χ3v) is 8.12. The molecule has 1 saturated carbocycles. The van der Waals surface area contributed by atoms with Crippen molar-refractivity contribution in [1.29, 1.82) is 5.26 Å². The highest BCUT2D eigenvalue weighted by atomic mass is 35.5. The third-order valence-electron chi connectivity index (χ3n) is 7.59. The van der Waals surface area contributed by atoms with Gasteiger partial charge in [-0.1, -0.05) is 68.2 Å². The molecule has 1 aliphatic carbocycles. The summed E-state index contributed by atoms with van der Waals surface area (Å²) in [6.07, 6.45) is 4.90. The number of hydrogen-bond donors (Lipinski definition) is 1. The fourth-order valence-electron chi connectivity index (χ4n) is 5.76. The fraction of sp³-hybridized carbons (Fsp3) is 0.531. The Morgan fingerprint density at radius 1 is 1.13 bits per heavy atom. The molecule has 2 unspecified atom stereocenters. The van der Waals surface area contributed by atoms with E-state index in [-0.39, 0.29) is 26.6 Å². The van der Waals surface area contributed by atoms with Crippen LogP contribution >= 0.6 is 23.2 Å². The van der Waals surface area contributed by atoms with Crippen LogP contribution < -0.4 is 5.32 Å². The normalized spacial score (nSPS) is 26.1. The van der Waals surface area contributed by atoms with E-state index in [1.54, 1.807) is 24.3 Å². The minimum atomic E-state index is -1.46. The van der Waals surface area contributed by atoms with Crippen molar-refractivity contribution >= 4 is 23.2 Å². The van der Waals surface area contributed by atoms with Crippen LogP contribution in [0, 0.1) is 34.3 Å². The lowest BCUT2D eigenvalue weighted by Gasteiger charge is -2.38. The average Bonchev–Trinajstić information content (AvgIpc) is 3.59. The highest BCUT2D eigenvalue weighted by Crippen LogP contribution is 2.54. The fourth-order valence-corrected chi connectivity index (χ4v) is 6.10. The van der Waals surface area contributed by atoms with Crippen molar-refractivity contribution in [2.45, 2.75) is 89.8 Å². The van der Waals surface area contributed by atoms with Gasteiger partial charge in [0.05, 0.1) is 23.3 Å². The number of benzene rings is 2. The summed E-state index contributed by atoms with van der Waals surface area (Å²) in [4.78, 5) is 0. The lowest BCUT2D eigenvalue weighted by atomic mass is 9.62. The van der Waals surface area contributed by atoms with Gasteiger partial charge in [0.1, 0.15) is 17.0 Å². The molecule has 1 saturated heterocycles. The number of rotatable bonds is 7. The molecule has 1 N–H and O–H groups in total. The zero-order valence-corrected chi connectivity index (χ0v) is 25.1. The topological polar surface area (TPSA) is 45.0 Å². The first-order valence-corrected chi connectivity index (χ1v) is 14.3. The highest BCUT2D eigenvalue weighted by Gasteiger charge is 2.60. The molecule has 210 valence electrons. The Morgan fingerprint density at radius 2 is 1.82 bits per heavy atom. The second kappa shape index (κ2) is 11.1. The number of halogens is 4. The first-order valence-electron chi connectivity index (χ1n) is 13.6. The summed E-state index contributed by atoms with van der Waals surface area (Å²) >= 11 is 12.4. The summed E-state index contributed by atoms with van der Waals surface area (Å²) in [5, 5.41) is 15.0. The zero-order valence-electron chi connectivity index (χ0n) is 23.5. The Bertz CT molecular complexity index is 1290. The Hall–Kier alpha value is -1.97. The summed E-state index contributed by atoms with van der Waals surface area (Å²) in [6, 6.07) is 10.8. The van der Waals surface area contributed by atoms with E-state index in [1.807, 2.05) is 20.8 Å². The van der Waals surface area contributed by atoms with Gasteiger partial charge in [-0.25, -0.2) is 8.78 Å². The Labute approximate surface area is 241 Å². The minimum Gasteiger partial charge on any atom is -0.371 e. The number of hydrogen-bond acceptors (Lipinski definition) is 3. The molecule has 0 bridgehead atoms. The molecule has 1 aliphatic heterocycles. The Balaban J connectivity index is 2.01. The SMILES string of the molecule is CC(C)(C)CC1N[C@@H](/C(=C\C2CC2)COC(C)(C)C)C(c2cccc(Cl)c2F)[C@@]1(C#N)c1ccc(Cl)cc1F. The van der Waals surface area contributed by atoms with Gasteiger partial charge in [0.25, 0.3) is 0 Å². The van der Waals surface area contributed by atoms with Gasteiger partial charge in [0, 0.05) is 28.6 Å². The van der Waals surface area contributed by atoms with E-state index in [9.17, 15) is 5.26 Å². The van der Waals surface area contributed by atoms with Crippen molar-refractivity contribution in [3.8, 4) is 6.07 Å². The van der Waals surface area contributed by atoms with Crippen molar-refractivity contribution in [1.82, 2.24) is 5.32 Å². The molecule has 0 amide bonds. The summed E-state index contributed by atoms with van der Waals surface area (Å²) in [5.74, 6) is -1.56. The third kappa shape index (κ3) is 6.51. The molecule has 39 heavy (non-hydrogen) atoms. The first kappa shape index (κ1) is 30.0. The van der Waals surface area contributed by atoms with Crippen LogP contribution in [0.4, 0.5) is 8.78 Å². The van der Waals surface area contributed by atoms with Crippen LogP contribution in [0.2, 0.25) is 10.0 Å². The predicted octanol–water partition coefficient (Wildman–Crippen LogP) is 8.74. The summed E-state index contributed by atoms with van der Waals surface area (Å²) in [6.45, 7) is 12.5. The van der Waals surface area contributed by atoms with E-state index >= 15 is 8.78 Å². The zero-order chi connectivity index (χ0) is 28.8. The van der Waals surface area contributed by atoms with E-state index in [4.69, 9.17) is 27.9 Å². The van der Waals surface area contributed by atoms with Gasteiger partial charge in [-0.2, -0.15) is 5.26 Å². The van der Waals surface area contributed by atoms with Gasteiger partial charge in [-0.3, -0.25) is 0 Å². The summed E-state index contributed by atoms with van der Waals surface area (Å²) in [5.41, 5.74) is -0.644. The molecule has 1 heterocycles. The smallest absolute Gasteiger partial charge is 0.145 e. The van der Waals surface area contributed by atoms with Crippen LogP contribution in [-0.4, -0.2) is 24.3 Å². The molecular formula is C32H38Cl2F2N2O. The average molecular weight is 576 g/mol. The molecular weight excluding hydrogens is 537 g/mol. The summed E-state index contributed by atoms with van der Waals surface area (Å²) < 4.78 is 38.0. The van der Waals surface area contributed by atoms with Crippen molar-refractivity contribution in [3.05, 3.63) is 80.9 Å². The maximum atomic E-state index is 15.9. The van der Waals surface area contributed by atoms with Crippen LogP contribution in [0.3, 0.4) is 0 Å². The van der Waals surface area contributed by atoms with E-state index < -0.39 is 40.7 Å². The van der Waals surface area contributed by atoms with Gasteiger partial charge in [0.2, 0.25) is 0 Å². The molecule has 0 spiro atoms. The highest BCUT2D eigenvalue weighted by molar-refractivity contribution is 6.31. The minimum absolute atomic E-state index is 0.0346. The van der Waals surface area contributed by atoms with Crippen LogP contribution in [0.15, 0.2) is 48.0 Å². The molecule has 4 rings (SSSR count). The molecule has 2 aromatic carbocycles. The van der Waals surface area contributed by atoms with Crippen molar-refractivity contribution < 1.29 is 13.5 Å². The van der Waals surface area contributed by atoms with Gasteiger partial charge < -0.3 is 10.1 Å². The van der Waals surface area contributed by atoms with Crippen molar-refractivity contribution in [3.63, 3.8) is 0 Å². The maximum absolute atomic E-state index is 15.9. The van der Waals surface area contributed by atoms with E-state index in [0.29, 0.717) is 18.9 Å². The van der Waals surface area contributed by atoms with Crippen molar-refractivity contribution in [2.75, 3.05) is 6.61 Å². The van der Waals surface area contributed by atoms with Crippen molar-refractivity contribution in [2.24, 2.45) is 11.3 Å². The lowest BCUT2D eigenvalue weighted by molar-refractivity contribution is 0.00865. The van der Waals surface area contributed by atoms with E-state index in [1.165, 1.54) is 12.1 Å². The number of ether oxygens (including phenoxy) is 1. The number of allylic oxidation sites excluding steroid dienone is 1. The van der Waals surface area contributed by atoms with Gasteiger partial charge in [-0.05, 0) is 80.7 Å². The molecule has 2 fully saturated rings. The number of nitrogens with one attached hydrogen (secondary N) is 1. The largest absolute Gasteiger partial charge is 0.371 e. The molecule has 0 radical (unpaired) electrons. The number of nitriles is 1. The van der Waals surface area contributed by atoms with Crippen LogP contribution in [0.25, 0.3) is 0 Å². The van der Waals surface area contributed by atoms with E-state index in [0.717, 1.165) is 18.4 Å². The van der Waals surface area contributed by atoms with E-state index in [2.05, 4.69) is 38.2 Å². The quantitative estimate of drug-likeness (QED) is 0.336. The lowest BCUT2D eigenvalue weighted by Crippen LogP contribution is -2.44. The van der Waals surface area contributed by atoms with Crippen LogP contribution in [0.5, 0.6) is 0 Å². The molecule has 4 atom stereocenters. The first-order chi connectivity index (χ1) is 18.2. The van der Waals surface area contributed by atoms with Crippen LogP contribution in [0.1, 0.15) is 77.8 Å². The molecule has 3 nitrogen and oxygen atoms in total. The van der Waals surface area contributed by atoms with Gasteiger partial charge in [-0.15, -0.1) is 0 Å². The molecule has 7 heteroatoms. The predicted molar refractivity (Wildman–Crippen MR) is 154 cm³/mol. The number of nitrogens with zero attached hydrogens (tertiary/aromatic N) is 1. The second-order valence-corrected chi connectivity index (χ2v) is 14.0. The Kier molecular flexibility index (Phi) is 8.56. The maximum Gasteiger partial charge on any atom is 0.145 e. The monoisotopic (exact) mass is 574 g/mol. The molecule has 0 aromatic heterocycles. The van der Waals surface area contributed by atoms with Gasteiger partial charge >= 0.3 is 0 Å². The standard InChI is InChI=1S/C32H38Cl2F2N2O/c1-30(2,3)16-26-32(18-37,23-13-12-21(33)15-25(23)35)27(22-8-7-9-24(34)28(22)36)29(38-26)20(14-19-10-11-19)17-39-31(4,5)6/h7-9,12-15,19,26-27,29,38H,10-11,16-17H2,1-6H3/b20-14-/t26?,27?,29-,32-/m0/s1. The Morgan fingerprint density at radius 3 is 2.38 bits per heavy atom. The van der Waals surface area contributed by atoms with Crippen LogP contribution in [-0.2, 0) is 10.2 Å². The molecule has 2 aliphatic rings. The second-order valence-electron chi connectivity index (χ2n) is 13.2. The van der Waals surface area contributed by atoms with Gasteiger partial charge in [0.15, 0.2) is 0 Å².